The van der Waals surface area contributed by atoms with E-state index in [1.54, 1.807) is 25.6 Å². The third-order valence-electron chi connectivity index (χ3n) is 4.91. The van der Waals surface area contributed by atoms with Crippen molar-refractivity contribution in [2.24, 2.45) is 0 Å². The predicted octanol–water partition coefficient (Wildman–Crippen LogP) is 4.86. The molecule has 0 fully saturated rings. The molecule has 0 amide bonds. The van der Waals surface area contributed by atoms with Crippen molar-refractivity contribution in [2.75, 3.05) is 18.4 Å². The highest BCUT2D eigenvalue weighted by Gasteiger charge is 2.17. The molecule has 0 radical (unpaired) electrons. The second kappa shape index (κ2) is 9.78. The zero-order valence-electron chi connectivity index (χ0n) is 17.6. The maximum atomic E-state index is 13.2. The molecule has 2 heterocycles. The first-order valence-corrected chi connectivity index (χ1v) is 11.9. The normalized spacial score (nSPS) is 11.6. The molecule has 0 aliphatic carbocycles. The van der Waals surface area contributed by atoms with Crippen LogP contribution in [0.1, 0.15) is 12.1 Å². The fraction of sp³-hybridized carbons (Fsp3) is 0.174. The lowest BCUT2D eigenvalue weighted by Crippen LogP contribution is -2.13. The van der Waals surface area contributed by atoms with Crippen LogP contribution in [0.5, 0.6) is 0 Å². The number of halogens is 2. The van der Waals surface area contributed by atoms with Gasteiger partial charge in [0.1, 0.15) is 5.82 Å². The molecule has 0 bridgehead atoms. The molecule has 0 saturated carbocycles. The standard InChI is InChI=1S/C23H20ClFN4O3S/c1-32-10-2-3-18-14-26-20-9-4-15(11-21(20)28-18)16-12-22(23(24)27-13-16)29-33(30,31)19-7-5-17(25)6-8-19/h4-9,11-14,29H,2-3,10H2,1H3. The Labute approximate surface area is 195 Å². The zero-order chi connectivity index (χ0) is 23.4. The van der Waals surface area contributed by atoms with Crippen LogP contribution in [-0.4, -0.2) is 37.1 Å². The van der Waals surface area contributed by atoms with Crippen LogP contribution in [-0.2, 0) is 21.2 Å². The van der Waals surface area contributed by atoms with E-state index in [9.17, 15) is 12.8 Å². The molecule has 2 aromatic heterocycles. The first kappa shape index (κ1) is 23.0. The molecule has 0 atom stereocenters. The van der Waals surface area contributed by atoms with Crippen molar-refractivity contribution in [1.82, 2.24) is 15.0 Å². The van der Waals surface area contributed by atoms with Crippen molar-refractivity contribution < 1.29 is 17.5 Å². The number of benzene rings is 2. The smallest absolute Gasteiger partial charge is 0.261 e. The number of hydrogen-bond donors (Lipinski definition) is 1. The number of nitrogens with zero attached hydrogens (tertiary/aromatic N) is 3. The number of ether oxygens (including phenoxy) is 1. The molecule has 1 N–H and O–H groups in total. The summed E-state index contributed by atoms with van der Waals surface area (Å²) in [6.07, 6.45) is 4.90. The number of fused-ring (bicyclic) bond motifs is 1. The highest BCUT2D eigenvalue weighted by Crippen LogP contribution is 2.30. The van der Waals surface area contributed by atoms with Crippen LogP contribution in [0.4, 0.5) is 10.1 Å². The summed E-state index contributed by atoms with van der Waals surface area (Å²) in [5, 5.41) is -0.00885. The van der Waals surface area contributed by atoms with Crippen LogP contribution >= 0.6 is 11.6 Å². The lowest BCUT2D eigenvalue weighted by atomic mass is 10.1. The van der Waals surface area contributed by atoms with E-state index in [4.69, 9.17) is 16.3 Å². The first-order valence-electron chi connectivity index (χ1n) is 10.0. The van der Waals surface area contributed by atoms with Crippen molar-refractivity contribution in [1.29, 1.82) is 0 Å². The van der Waals surface area contributed by atoms with Gasteiger partial charge in [-0.05, 0) is 60.9 Å². The maximum absolute atomic E-state index is 13.2. The van der Waals surface area contributed by atoms with E-state index < -0.39 is 15.8 Å². The van der Waals surface area contributed by atoms with E-state index in [1.165, 1.54) is 12.1 Å². The molecule has 0 unspecified atom stereocenters. The van der Waals surface area contributed by atoms with Crippen LogP contribution in [0.3, 0.4) is 0 Å². The van der Waals surface area contributed by atoms with Crippen molar-refractivity contribution in [3.63, 3.8) is 0 Å². The molecule has 4 rings (SSSR count). The summed E-state index contributed by atoms with van der Waals surface area (Å²) in [6.45, 7) is 0.646. The molecule has 2 aromatic carbocycles. The highest BCUT2D eigenvalue weighted by molar-refractivity contribution is 7.92. The lowest BCUT2D eigenvalue weighted by Gasteiger charge is -2.11. The van der Waals surface area contributed by atoms with Gasteiger partial charge in [-0.3, -0.25) is 9.71 Å². The molecule has 0 saturated heterocycles. The molecule has 170 valence electrons. The average Bonchev–Trinajstić information content (AvgIpc) is 2.80. The minimum absolute atomic E-state index is 0.00885. The summed E-state index contributed by atoms with van der Waals surface area (Å²) >= 11 is 6.15. The van der Waals surface area contributed by atoms with Gasteiger partial charge in [0.25, 0.3) is 10.0 Å². The monoisotopic (exact) mass is 486 g/mol. The average molecular weight is 487 g/mol. The maximum Gasteiger partial charge on any atom is 0.261 e. The van der Waals surface area contributed by atoms with Gasteiger partial charge in [0.15, 0.2) is 5.15 Å². The van der Waals surface area contributed by atoms with Gasteiger partial charge in [0, 0.05) is 31.7 Å². The zero-order valence-corrected chi connectivity index (χ0v) is 19.2. The van der Waals surface area contributed by atoms with Gasteiger partial charge in [-0.15, -0.1) is 0 Å². The van der Waals surface area contributed by atoms with E-state index in [0.717, 1.165) is 41.7 Å². The number of anilines is 1. The molecule has 0 aliphatic heterocycles. The Morgan fingerprint density at radius 3 is 2.55 bits per heavy atom. The molecule has 0 aliphatic rings. The number of rotatable bonds is 8. The quantitative estimate of drug-likeness (QED) is 0.282. The van der Waals surface area contributed by atoms with Crippen LogP contribution in [0, 0.1) is 5.82 Å². The Kier molecular flexibility index (Phi) is 6.83. The van der Waals surface area contributed by atoms with E-state index in [0.29, 0.717) is 17.7 Å². The van der Waals surface area contributed by atoms with Crippen LogP contribution < -0.4 is 4.72 Å². The largest absolute Gasteiger partial charge is 0.385 e. The SMILES string of the molecule is COCCCc1cnc2ccc(-c3cnc(Cl)c(NS(=O)(=O)c4ccc(F)cc4)c3)cc2n1. The fourth-order valence-corrected chi connectivity index (χ4v) is 4.51. The number of hydrogen-bond acceptors (Lipinski definition) is 6. The third-order valence-corrected chi connectivity index (χ3v) is 6.60. The van der Waals surface area contributed by atoms with Gasteiger partial charge >= 0.3 is 0 Å². The summed E-state index contributed by atoms with van der Waals surface area (Å²) in [5.74, 6) is -0.531. The van der Waals surface area contributed by atoms with Crippen LogP contribution in [0.25, 0.3) is 22.2 Å². The Morgan fingerprint density at radius 2 is 1.79 bits per heavy atom. The second-order valence-electron chi connectivity index (χ2n) is 7.28. The first-order chi connectivity index (χ1) is 15.9. The Hall–Kier alpha value is -3.14. The van der Waals surface area contributed by atoms with Crippen molar-refractivity contribution in [3.05, 3.63) is 77.6 Å². The van der Waals surface area contributed by atoms with Crippen LogP contribution in [0.2, 0.25) is 5.15 Å². The summed E-state index contributed by atoms with van der Waals surface area (Å²) in [5.41, 5.74) is 3.85. The van der Waals surface area contributed by atoms with Gasteiger partial charge in [-0.1, -0.05) is 17.7 Å². The van der Waals surface area contributed by atoms with Crippen molar-refractivity contribution in [2.45, 2.75) is 17.7 Å². The Balaban J connectivity index is 1.64. The summed E-state index contributed by atoms with van der Waals surface area (Å²) in [7, 11) is -2.32. The molecular weight excluding hydrogens is 467 g/mol. The van der Waals surface area contributed by atoms with Crippen molar-refractivity contribution in [3.8, 4) is 11.1 Å². The molecule has 4 aromatic rings. The second-order valence-corrected chi connectivity index (χ2v) is 9.32. The van der Waals surface area contributed by atoms with E-state index in [-0.39, 0.29) is 15.7 Å². The Morgan fingerprint density at radius 1 is 1.00 bits per heavy atom. The molecule has 7 nitrogen and oxygen atoms in total. The minimum atomic E-state index is -3.98. The molecule has 10 heteroatoms. The van der Waals surface area contributed by atoms with Gasteiger partial charge < -0.3 is 4.74 Å². The minimum Gasteiger partial charge on any atom is -0.385 e. The fourth-order valence-electron chi connectivity index (χ4n) is 3.24. The van der Waals surface area contributed by atoms with Gasteiger partial charge in [-0.25, -0.2) is 22.8 Å². The van der Waals surface area contributed by atoms with E-state index >= 15 is 0 Å². The van der Waals surface area contributed by atoms with Gasteiger partial charge in [-0.2, -0.15) is 0 Å². The van der Waals surface area contributed by atoms with E-state index in [2.05, 4.69) is 19.7 Å². The number of aromatic nitrogens is 3. The third kappa shape index (κ3) is 5.44. The summed E-state index contributed by atoms with van der Waals surface area (Å²) < 4.78 is 46.0. The summed E-state index contributed by atoms with van der Waals surface area (Å²) in [4.78, 5) is 13.2. The number of sulfonamides is 1. The number of pyridine rings is 1. The topological polar surface area (TPSA) is 94.1 Å². The number of nitrogens with one attached hydrogen (secondary N) is 1. The lowest BCUT2D eigenvalue weighted by molar-refractivity contribution is 0.195. The van der Waals surface area contributed by atoms with E-state index in [1.807, 2.05) is 18.2 Å². The molecular formula is C23H20ClFN4O3S. The van der Waals surface area contributed by atoms with Gasteiger partial charge in [0.2, 0.25) is 0 Å². The van der Waals surface area contributed by atoms with Gasteiger partial charge in [0.05, 0.1) is 27.3 Å². The number of aryl methyl sites for hydroxylation is 1. The predicted molar refractivity (Wildman–Crippen MR) is 125 cm³/mol. The molecule has 33 heavy (non-hydrogen) atoms. The summed E-state index contributed by atoms with van der Waals surface area (Å²) in [6, 6.07) is 11.6. The molecule has 0 spiro atoms. The Bertz CT molecular complexity index is 1400. The number of methoxy groups -OCH3 is 1. The van der Waals surface area contributed by atoms with Crippen molar-refractivity contribution >= 4 is 38.3 Å². The highest BCUT2D eigenvalue weighted by atomic mass is 35.5. The van der Waals surface area contributed by atoms with Crippen LogP contribution in [0.15, 0.2) is 65.8 Å².